The van der Waals surface area contributed by atoms with E-state index >= 15 is 0 Å². The second kappa shape index (κ2) is 5.69. The molecule has 0 aliphatic heterocycles. The lowest BCUT2D eigenvalue weighted by atomic mass is 10.1. The first kappa shape index (κ1) is 13.8. The Hall–Kier alpha value is -2.14. The molecule has 2 heterocycles. The van der Waals surface area contributed by atoms with Crippen molar-refractivity contribution in [3.63, 3.8) is 0 Å². The number of anilines is 1. The highest BCUT2D eigenvalue weighted by molar-refractivity contribution is 9.10. The van der Waals surface area contributed by atoms with E-state index in [-0.39, 0.29) is 5.91 Å². The Morgan fingerprint density at radius 3 is 3.05 bits per heavy atom. The van der Waals surface area contributed by atoms with Gasteiger partial charge in [-0.2, -0.15) is 0 Å². The Morgan fingerprint density at radius 2 is 2.24 bits per heavy atom. The monoisotopic (exact) mass is 344 g/mol. The number of aromatic nitrogens is 1. The third-order valence-electron chi connectivity index (χ3n) is 3.24. The number of nitrogens with zero attached hydrogens (tertiary/aromatic N) is 1. The maximum Gasteiger partial charge on any atom is 0.259 e. The van der Waals surface area contributed by atoms with Crippen molar-refractivity contribution in [3.8, 4) is 0 Å². The van der Waals surface area contributed by atoms with E-state index < -0.39 is 0 Å². The number of furan rings is 1. The molecular formula is C16H13BrN2O2. The molecule has 21 heavy (non-hydrogen) atoms. The fourth-order valence-electron chi connectivity index (χ4n) is 2.24. The molecule has 0 unspecified atom stereocenters. The highest BCUT2D eigenvalue weighted by atomic mass is 79.9. The Bertz CT molecular complexity index is 811. The molecule has 4 nitrogen and oxygen atoms in total. The Labute approximate surface area is 130 Å². The molecule has 0 radical (unpaired) electrons. The number of fused-ring (bicyclic) bond motifs is 1. The van der Waals surface area contributed by atoms with Crippen LogP contribution in [-0.4, -0.2) is 10.9 Å². The fourth-order valence-corrected chi connectivity index (χ4v) is 2.59. The number of carbonyl (C=O) groups is 1. The van der Waals surface area contributed by atoms with Crippen LogP contribution in [0.1, 0.15) is 23.0 Å². The van der Waals surface area contributed by atoms with Crippen molar-refractivity contribution < 1.29 is 9.21 Å². The molecule has 0 fully saturated rings. The van der Waals surface area contributed by atoms with Gasteiger partial charge in [0.15, 0.2) is 0 Å². The number of nitrogens with one attached hydrogen (secondary N) is 1. The molecule has 5 heteroatoms. The molecule has 0 aliphatic carbocycles. The van der Waals surface area contributed by atoms with E-state index in [9.17, 15) is 4.79 Å². The zero-order chi connectivity index (χ0) is 14.8. The second-order valence-corrected chi connectivity index (χ2v) is 5.51. The van der Waals surface area contributed by atoms with Crippen LogP contribution in [0.4, 0.5) is 5.69 Å². The number of para-hydroxylation sites is 1. The lowest BCUT2D eigenvalue weighted by Gasteiger charge is -2.08. The van der Waals surface area contributed by atoms with Gasteiger partial charge in [-0.3, -0.25) is 9.78 Å². The standard InChI is InChI=1S/C16H13BrN2O2/c1-2-14-12(6-7-21-14)16(20)19-13-5-3-4-10-8-11(17)9-18-15(10)13/h3-9H,2H2,1H3,(H,19,20). The third kappa shape index (κ3) is 2.69. The summed E-state index contributed by atoms with van der Waals surface area (Å²) in [6, 6.07) is 9.34. The summed E-state index contributed by atoms with van der Waals surface area (Å²) in [4.78, 5) is 16.7. The zero-order valence-corrected chi connectivity index (χ0v) is 13.0. The molecule has 0 atom stereocenters. The molecule has 3 rings (SSSR count). The number of halogens is 1. The van der Waals surface area contributed by atoms with Crippen LogP contribution in [0, 0.1) is 0 Å². The van der Waals surface area contributed by atoms with E-state index in [1.165, 1.54) is 6.26 Å². The topological polar surface area (TPSA) is 55.1 Å². The van der Waals surface area contributed by atoms with Crippen LogP contribution in [0.25, 0.3) is 10.9 Å². The van der Waals surface area contributed by atoms with Gasteiger partial charge in [0, 0.05) is 22.5 Å². The first-order valence-electron chi connectivity index (χ1n) is 6.61. The fraction of sp³-hybridized carbons (Fsp3) is 0.125. The predicted octanol–water partition coefficient (Wildman–Crippen LogP) is 4.41. The maximum absolute atomic E-state index is 12.4. The maximum atomic E-state index is 12.4. The minimum atomic E-state index is -0.183. The highest BCUT2D eigenvalue weighted by Gasteiger charge is 2.14. The summed E-state index contributed by atoms with van der Waals surface area (Å²) < 4.78 is 6.20. The number of hydrogen-bond donors (Lipinski definition) is 1. The quantitative estimate of drug-likeness (QED) is 0.765. The van der Waals surface area contributed by atoms with Gasteiger partial charge in [-0.1, -0.05) is 19.1 Å². The van der Waals surface area contributed by atoms with E-state index in [1.807, 2.05) is 31.2 Å². The summed E-state index contributed by atoms with van der Waals surface area (Å²) >= 11 is 3.40. The van der Waals surface area contributed by atoms with Gasteiger partial charge in [-0.05, 0) is 34.1 Å². The summed E-state index contributed by atoms with van der Waals surface area (Å²) in [5, 5.41) is 3.87. The second-order valence-electron chi connectivity index (χ2n) is 4.60. The largest absolute Gasteiger partial charge is 0.469 e. The number of aryl methyl sites for hydroxylation is 1. The lowest BCUT2D eigenvalue weighted by Crippen LogP contribution is -2.13. The SMILES string of the molecule is CCc1occc1C(=O)Nc1cccc2cc(Br)cnc12. The van der Waals surface area contributed by atoms with Crippen LogP contribution >= 0.6 is 15.9 Å². The van der Waals surface area contributed by atoms with Gasteiger partial charge in [0.1, 0.15) is 5.76 Å². The van der Waals surface area contributed by atoms with Gasteiger partial charge < -0.3 is 9.73 Å². The summed E-state index contributed by atoms with van der Waals surface area (Å²) in [6.45, 7) is 1.95. The minimum absolute atomic E-state index is 0.183. The van der Waals surface area contributed by atoms with Crippen molar-refractivity contribution in [2.45, 2.75) is 13.3 Å². The van der Waals surface area contributed by atoms with E-state index in [2.05, 4.69) is 26.2 Å². The molecule has 0 saturated heterocycles. The van der Waals surface area contributed by atoms with Crippen LogP contribution in [0.5, 0.6) is 0 Å². The molecule has 0 aliphatic rings. The minimum Gasteiger partial charge on any atom is -0.469 e. The van der Waals surface area contributed by atoms with Crippen molar-refractivity contribution in [3.05, 3.63) is 58.6 Å². The van der Waals surface area contributed by atoms with Gasteiger partial charge in [0.25, 0.3) is 5.91 Å². The van der Waals surface area contributed by atoms with Crippen molar-refractivity contribution in [2.75, 3.05) is 5.32 Å². The van der Waals surface area contributed by atoms with Crippen molar-refractivity contribution in [1.82, 2.24) is 4.98 Å². The van der Waals surface area contributed by atoms with Gasteiger partial charge in [-0.25, -0.2) is 0 Å². The number of hydrogen-bond acceptors (Lipinski definition) is 3. The van der Waals surface area contributed by atoms with E-state index in [1.54, 1.807) is 12.3 Å². The van der Waals surface area contributed by atoms with Crippen LogP contribution in [-0.2, 0) is 6.42 Å². The first-order valence-corrected chi connectivity index (χ1v) is 7.40. The van der Waals surface area contributed by atoms with Crippen molar-refractivity contribution >= 4 is 38.4 Å². The summed E-state index contributed by atoms with van der Waals surface area (Å²) in [6.07, 6.45) is 3.93. The lowest BCUT2D eigenvalue weighted by molar-refractivity contribution is 0.102. The zero-order valence-electron chi connectivity index (χ0n) is 11.4. The van der Waals surface area contributed by atoms with E-state index in [0.29, 0.717) is 23.4 Å². The Balaban J connectivity index is 1.97. The van der Waals surface area contributed by atoms with Crippen LogP contribution in [0.2, 0.25) is 0 Å². The van der Waals surface area contributed by atoms with E-state index in [4.69, 9.17) is 4.42 Å². The molecule has 106 valence electrons. The molecule has 0 saturated carbocycles. The molecule has 0 spiro atoms. The van der Waals surface area contributed by atoms with Gasteiger partial charge in [-0.15, -0.1) is 0 Å². The Kier molecular flexibility index (Phi) is 3.75. The molecule has 3 aromatic rings. The van der Waals surface area contributed by atoms with Crippen LogP contribution < -0.4 is 5.32 Å². The number of pyridine rings is 1. The van der Waals surface area contributed by atoms with Gasteiger partial charge >= 0.3 is 0 Å². The van der Waals surface area contributed by atoms with Gasteiger partial charge in [0.05, 0.1) is 23.0 Å². The first-order chi connectivity index (χ1) is 10.2. The molecule has 1 N–H and O–H groups in total. The van der Waals surface area contributed by atoms with Crippen molar-refractivity contribution in [1.29, 1.82) is 0 Å². The smallest absolute Gasteiger partial charge is 0.259 e. The highest BCUT2D eigenvalue weighted by Crippen LogP contribution is 2.24. The molecule has 1 aromatic carbocycles. The number of benzene rings is 1. The van der Waals surface area contributed by atoms with E-state index in [0.717, 1.165) is 15.4 Å². The molecule has 0 bridgehead atoms. The number of carbonyl (C=O) groups excluding carboxylic acids is 1. The van der Waals surface area contributed by atoms with Gasteiger partial charge in [0.2, 0.25) is 0 Å². The number of amides is 1. The summed E-state index contributed by atoms with van der Waals surface area (Å²) in [7, 11) is 0. The summed E-state index contributed by atoms with van der Waals surface area (Å²) in [5.41, 5.74) is 2.01. The third-order valence-corrected chi connectivity index (χ3v) is 3.67. The Morgan fingerprint density at radius 1 is 1.38 bits per heavy atom. The summed E-state index contributed by atoms with van der Waals surface area (Å²) in [5.74, 6) is 0.501. The average molecular weight is 345 g/mol. The molecular weight excluding hydrogens is 332 g/mol. The van der Waals surface area contributed by atoms with Crippen molar-refractivity contribution in [2.24, 2.45) is 0 Å². The van der Waals surface area contributed by atoms with Crippen LogP contribution in [0.3, 0.4) is 0 Å². The molecule has 2 aromatic heterocycles. The number of rotatable bonds is 3. The normalized spacial score (nSPS) is 10.8. The molecule has 1 amide bonds. The predicted molar refractivity (Wildman–Crippen MR) is 85.5 cm³/mol. The van der Waals surface area contributed by atoms with Crippen LogP contribution in [0.15, 0.2) is 51.7 Å². The average Bonchev–Trinajstić information content (AvgIpc) is 2.95.